The normalized spacial score (nSPS) is 20.0. The topological polar surface area (TPSA) is 41.6 Å². The Morgan fingerprint density at radius 1 is 1.10 bits per heavy atom. The van der Waals surface area contributed by atoms with Crippen LogP contribution in [-0.2, 0) is 4.79 Å². The Labute approximate surface area is 114 Å². The van der Waals surface area contributed by atoms with Crippen LogP contribution in [0.1, 0.15) is 0 Å². The lowest BCUT2D eigenvalue weighted by Gasteiger charge is -2.17. The smallest absolute Gasteiger partial charge is 0.406 e. The van der Waals surface area contributed by atoms with Crippen LogP contribution in [0.3, 0.4) is 0 Å². The van der Waals surface area contributed by atoms with Crippen LogP contribution in [0.2, 0.25) is 0 Å². The first kappa shape index (κ1) is 15.4. The number of alkyl halides is 6. The van der Waals surface area contributed by atoms with Crippen LogP contribution in [0.4, 0.5) is 32.0 Å². The van der Waals surface area contributed by atoms with Crippen molar-refractivity contribution in [2.24, 2.45) is 5.92 Å². The molecule has 1 saturated heterocycles. The van der Waals surface area contributed by atoms with Gasteiger partial charge >= 0.3 is 12.5 Å². The molecule has 0 bridgehead atoms. The van der Waals surface area contributed by atoms with E-state index in [1.54, 1.807) is 0 Å². The number of hydrogen-bond donors (Lipinski definition) is 1. The van der Waals surface area contributed by atoms with Gasteiger partial charge in [-0.15, -0.1) is 13.2 Å². The van der Waals surface area contributed by atoms with E-state index in [2.05, 4.69) is 10.2 Å². The monoisotopic (exact) mass is 314 g/mol. The zero-order valence-electron chi connectivity index (χ0n) is 10.1. The highest BCUT2D eigenvalue weighted by molar-refractivity contribution is 5.96. The minimum Gasteiger partial charge on any atom is -0.406 e. The van der Waals surface area contributed by atoms with Crippen molar-refractivity contribution in [2.75, 3.05) is 11.6 Å². The third-order valence-corrected chi connectivity index (χ3v) is 2.70. The van der Waals surface area contributed by atoms with Crippen molar-refractivity contribution in [3.8, 4) is 5.75 Å². The quantitative estimate of drug-likeness (QED) is 0.853. The summed E-state index contributed by atoms with van der Waals surface area (Å²) in [6.07, 6.45) is -9.55. The zero-order chi connectivity index (χ0) is 15.8. The fraction of sp³-hybridized carbons (Fsp3) is 0.364. The van der Waals surface area contributed by atoms with E-state index in [-0.39, 0.29) is 5.69 Å². The molecule has 1 aromatic rings. The van der Waals surface area contributed by atoms with Gasteiger partial charge in [0.15, 0.2) is 0 Å². The second-order valence-electron chi connectivity index (χ2n) is 4.17. The van der Waals surface area contributed by atoms with Crippen LogP contribution < -0.4 is 15.2 Å². The minimum atomic E-state index is -4.87. The van der Waals surface area contributed by atoms with Crippen LogP contribution in [-0.4, -0.2) is 25.0 Å². The minimum absolute atomic E-state index is 0.0127. The molecule has 0 radical (unpaired) electrons. The van der Waals surface area contributed by atoms with Crippen molar-refractivity contribution in [2.45, 2.75) is 12.5 Å². The molecule has 10 heteroatoms. The molecule has 1 aliphatic heterocycles. The lowest BCUT2D eigenvalue weighted by Crippen LogP contribution is -2.36. The molecule has 1 fully saturated rings. The molecule has 1 N–H and O–H groups in total. The summed E-state index contributed by atoms with van der Waals surface area (Å²) < 4.78 is 77.1. The molecule has 1 amide bonds. The Morgan fingerprint density at radius 2 is 1.67 bits per heavy atom. The summed E-state index contributed by atoms with van der Waals surface area (Å²) in [6.45, 7) is -0.622. The van der Waals surface area contributed by atoms with Crippen molar-refractivity contribution in [3.05, 3.63) is 24.3 Å². The molecular weight excluding hydrogens is 306 g/mol. The Bertz CT molecular complexity index is 525. The summed E-state index contributed by atoms with van der Waals surface area (Å²) >= 11 is 0. The highest BCUT2D eigenvalue weighted by Crippen LogP contribution is 2.32. The number of benzene rings is 1. The predicted molar refractivity (Wildman–Crippen MR) is 58.2 cm³/mol. The third kappa shape index (κ3) is 3.57. The summed E-state index contributed by atoms with van der Waals surface area (Å²) in [5.74, 6) is -3.93. The number of rotatable bonds is 2. The van der Waals surface area contributed by atoms with Crippen molar-refractivity contribution < 1.29 is 35.9 Å². The van der Waals surface area contributed by atoms with Gasteiger partial charge in [0.25, 0.3) is 5.91 Å². The Balaban J connectivity index is 2.12. The molecule has 0 aliphatic carbocycles. The number of hydrogen-bond acceptors (Lipinski definition) is 3. The summed E-state index contributed by atoms with van der Waals surface area (Å²) in [4.78, 5) is 11.6. The van der Waals surface area contributed by atoms with Gasteiger partial charge in [-0.25, -0.2) is 10.4 Å². The van der Waals surface area contributed by atoms with Gasteiger partial charge in [-0.1, -0.05) is 0 Å². The number of carbonyl (C=O) groups excluding carboxylic acids is 1. The Morgan fingerprint density at radius 3 is 2.10 bits per heavy atom. The first-order chi connectivity index (χ1) is 9.58. The molecule has 2 rings (SSSR count). The number of ether oxygens (including phenoxy) is 1. The molecule has 1 aliphatic rings. The first-order valence-electron chi connectivity index (χ1n) is 5.58. The van der Waals surface area contributed by atoms with E-state index < -0.39 is 36.7 Å². The third-order valence-electron chi connectivity index (χ3n) is 2.70. The molecule has 1 atom stereocenters. The number of nitrogens with one attached hydrogen (secondary N) is 1. The van der Waals surface area contributed by atoms with Crippen LogP contribution in [0.5, 0.6) is 5.75 Å². The Hall–Kier alpha value is -1.97. The maximum absolute atomic E-state index is 12.5. The molecule has 21 heavy (non-hydrogen) atoms. The molecule has 1 heterocycles. The second-order valence-corrected chi connectivity index (χ2v) is 4.17. The number of anilines is 1. The van der Waals surface area contributed by atoms with Crippen LogP contribution in [0.15, 0.2) is 24.3 Å². The average Bonchev–Trinajstić information content (AvgIpc) is 2.70. The van der Waals surface area contributed by atoms with Gasteiger partial charge in [0.1, 0.15) is 11.7 Å². The molecule has 0 spiro atoms. The van der Waals surface area contributed by atoms with Crippen molar-refractivity contribution in [1.29, 1.82) is 0 Å². The Kier molecular flexibility index (Phi) is 3.74. The zero-order valence-corrected chi connectivity index (χ0v) is 10.1. The average molecular weight is 314 g/mol. The van der Waals surface area contributed by atoms with Crippen LogP contribution >= 0.6 is 0 Å². The standard InChI is InChI=1S/C11H8F6N2O2/c12-10(13,14)8-5-18-19(9(8)20)6-1-3-7(4-2-6)21-11(15,16)17/h1-4,8,18H,5H2. The van der Waals surface area contributed by atoms with Gasteiger partial charge in [-0.05, 0) is 24.3 Å². The second kappa shape index (κ2) is 5.10. The molecular formula is C11H8F6N2O2. The summed E-state index contributed by atoms with van der Waals surface area (Å²) in [6, 6.07) is 3.90. The summed E-state index contributed by atoms with van der Waals surface area (Å²) in [5.41, 5.74) is 2.24. The van der Waals surface area contributed by atoms with Crippen molar-refractivity contribution in [1.82, 2.24) is 5.43 Å². The summed E-state index contributed by atoms with van der Waals surface area (Å²) in [7, 11) is 0. The van der Waals surface area contributed by atoms with Crippen molar-refractivity contribution >= 4 is 11.6 Å². The van der Waals surface area contributed by atoms with Gasteiger partial charge < -0.3 is 4.74 Å². The highest BCUT2D eigenvalue weighted by Gasteiger charge is 2.50. The molecule has 4 nitrogen and oxygen atoms in total. The van der Waals surface area contributed by atoms with Crippen LogP contribution in [0.25, 0.3) is 0 Å². The van der Waals surface area contributed by atoms with E-state index >= 15 is 0 Å². The molecule has 116 valence electrons. The number of amides is 1. The maximum Gasteiger partial charge on any atom is 0.573 e. The molecule has 0 saturated carbocycles. The van der Waals surface area contributed by atoms with E-state index in [4.69, 9.17) is 0 Å². The lowest BCUT2D eigenvalue weighted by molar-refractivity contribution is -0.274. The summed E-state index contributed by atoms with van der Waals surface area (Å²) in [5, 5.41) is 0.648. The largest absolute Gasteiger partial charge is 0.573 e. The number of nitrogens with zero attached hydrogens (tertiary/aromatic N) is 1. The molecule has 1 aromatic carbocycles. The van der Waals surface area contributed by atoms with Crippen molar-refractivity contribution in [3.63, 3.8) is 0 Å². The molecule has 1 unspecified atom stereocenters. The maximum atomic E-state index is 12.5. The van der Waals surface area contributed by atoms with E-state index in [1.807, 2.05) is 0 Å². The predicted octanol–water partition coefficient (Wildman–Crippen LogP) is 2.61. The van der Waals surface area contributed by atoms with E-state index in [9.17, 15) is 31.1 Å². The first-order valence-corrected chi connectivity index (χ1v) is 5.58. The van der Waals surface area contributed by atoms with Gasteiger partial charge in [0.2, 0.25) is 0 Å². The van der Waals surface area contributed by atoms with E-state index in [0.29, 0.717) is 5.01 Å². The number of halogens is 6. The van der Waals surface area contributed by atoms with Gasteiger partial charge in [-0.2, -0.15) is 13.2 Å². The molecule has 0 aromatic heterocycles. The van der Waals surface area contributed by atoms with Crippen LogP contribution in [0, 0.1) is 5.92 Å². The fourth-order valence-electron chi connectivity index (χ4n) is 1.77. The fourth-order valence-corrected chi connectivity index (χ4v) is 1.77. The lowest BCUT2D eigenvalue weighted by atomic mass is 10.1. The number of hydrazine groups is 1. The van der Waals surface area contributed by atoms with Gasteiger partial charge in [-0.3, -0.25) is 4.79 Å². The SMILES string of the molecule is O=C1C(C(F)(F)F)CNN1c1ccc(OC(F)(F)F)cc1. The van der Waals surface area contributed by atoms with E-state index in [0.717, 1.165) is 24.3 Å². The van der Waals surface area contributed by atoms with Gasteiger partial charge in [0, 0.05) is 6.54 Å². The highest BCUT2D eigenvalue weighted by atomic mass is 19.4. The van der Waals surface area contributed by atoms with Gasteiger partial charge in [0.05, 0.1) is 5.69 Å². The van der Waals surface area contributed by atoms with E-state index in [1.165, 1.54) is 0 Å². The number of carbonyl (C=O) groups is 1.